The van der Waals surface area contributed by atoms with Crippen LogP contribution in [0.3, 0.4) is 0 Å². The number of likely N-dealkylation sites (tertiary alicyclic amines) is 1. The second-order valence-corrected chi connectivity index (χ2v) is 3.48. The van der Waals surface area contributed by atoms with Crippen LogP contribution in [-0.4, -0.2) is 42.0 Å². The van der Waals surface area contributed by atoms with Gasteiger partial charge in [0, 0.05) is 26.2 Å². The maximum absolute atomic E-state index is 11.6. The van der Waals surface area contributed by atoms with Gasteiger partial charge in [-0.15, -0.1) is 0 Å². The largest absolute Gasteiger partial charge is 0.328 e. The van der Waals surface area contributed by atoms with E-state index in [2.05, 4.69) is 6.92 Å². The molecule has 0 N–H and O–H groups in total. The van der Waals surface area contributed by atoms with E-state index in [1.807, 2.05) is 18.9 Å². The van der Waals surface area contributed by atoms with E-state index in [0.717, 1.165) is 25.9 Å². The lowest BCUT2D eigenvalue weighted by Crippen LogP contribution is -2.42. The van der Waals surface area contributed by atoms with Crippen LogP contribution < -0.4 is 0 Å². The second-order valence-electron chi connectivity index (χ2n) is 3.48. The molecule has 1 fully saturated rings. The lowest BCUT2D eigenvalue weighted by Gasteiger charge is -2.26. The number of hydrogen-bond acceptors (Lipinski definition) is 1. The summed E-state index contributed by atoms with van der Waals surface area (Å²) in [7, 11) is 1.85. The second kappa shape index (κ2) is 3.78. The molecule has 2 amide bonds. The van der Waals surface area contributed by atoms with Gasteiger partial charge in [0.05, 0.1) is 0 Å². The summed E-state index contributed by atoms with van der Waals surface area (Å²) in [6.07, 6.45) is 2.31. The lowest BCUT2D eigenvalue weighted by molar-refractivity contribution is 0.163. The first-order valence-electron chi connectivity index (χ1n) is 4.68. The molecule has 3 nitrogen and oxygen atoms in total. The highest BCUT2D eigenvalue weighted by atomic mass is 16.2. The van der Waals surface area contributed by atoms with E-state index in [4.69, 9.17) is 0 Å². The number of rotatable bonds is 1. The van der Waals surface area contributed by atoms with Crippen LogP contribution in [0.1, 0.15) is 26.7 Å². The predicted molar refractivity (Wildman–Crippen MR) is 49.1 cm³/mol. The standard InChI is InChI=1S/C9H18N2O/c1-4-10(3)9(12)11-7-5-6-8(11)2/h8H,4-7H2,1-3H3. The zero-order chi connectivity index (χ0) is 9.14. The molecule has 1 rings (SSSR count). The molecule has 1 aliphatic heterocycles. The van der Waals surface area contributed by atoms with Crippen LogP contribution in [0.2, 0.25) is 0 Å². The molecular formula is C9H18N2O. The van der Waals surface area contributed by atoms with Gasteiger partial charge in [0.2, 0.25) is 0 Å². The quantitative estimate of drug-likeness (QED) is 0.585. The Balaban J connectivity index is 2.51. The Morgan fingerprint density at radius 3 is 2.75 bits per heavy atom. The molecule has 0 spiro atoms. The molecule has 0 bridgehead atoms. The van der Waals surface area contributed by atoms with Crippen LogP contribution in [-0.2, 0) is 0 Å². The molecule has 3 heteroatoms. The summed E-state index contributed by atoms with van der Waals surface area (Å²) in [6, 6.07) is 0.619. The maximum atomic E-state index is 11.6. The van der Waals surface area contributed by atoms with Crippen LogP contribution >= 0.6 is 0 Å². The van der Waals surface area contributed by atoms with Crippen LogP contribution in [0.5, 0.6) is 0 Å². The monoisotopic (exact) mass is 170 g/mol. The first kappa shape index (κ1) is 9.36. The average Bonchev–Trinajstić information content (AvgIpc) is 2.48. The molecule has 1 unspecified atom stereocenters. The molecule has 1 saturated heterocycles. The van der Waals surface area contributed by atoms with E-state index < -0.39 is 0 Å². The van der Waals surface area contributed by atoms with Gasteiger partial charge in [0.25, 0.3) is 0 Å². The SMILES string of the molecule is CCN(C)C(=O)N1CCCC1C. The van der Waals surface area contributed by atoms with Gasteiger partial charge < -0.3 is 9.80 Å². The molecule has 1 heterocycles. The molecule has 0 radical (unpaired) electrons. The van der Waals surface area contributed by atoms with Crippen molar-refractivity contribution in [3.63, 3.8) is 0 Å². The Morgan fingerprint density at radius 2 is 2.33 bits per heavy atom. The Bertz CT molecular complexity index is 170. The van der Waals surface area contributed by atoms with E-state index in [-0.39, 0.29) is 6.03 Å². The van der Waals surface area contributed by atoms with Crippen molar-refractivity contribution in [3.8, 4) is 0 Å². The lowest BCUT2D eigenvalue weighted by atomic mass is 10.2. The molecule has 1 aliphatic rings. The Hall–Kier alpha value is -0.730. The summed E-state index contributed by atoms with van der Waals surface area (Å²) in [5.74, 6) is 0. The molecule has 0 aromatic heterocycles. The summed E-state index contributed by atoms with van der Waals surface area (Å²) in [5, 5.41) is 0. The van der Waals surface area contributed by atoms with E-state index in [1.54, 1.807) is 4.90 Å². The van der Waals surface area contributed by atoms with Gasteiger partial charge in [-0.3, -0.25) is 0 Å². The van der Waals surface area contributed by atoms with Gasteiger partial charge in [-0.1, -0.05) is 0 Å². The van der Waals surface area contributed by atoms with Crippen molar-refractivity contribution >= 4 is 6.03 Å². The zero-order valence-electron chi connectivity index (χ0n) is 8.21. The summed E-state index contributed by atoms with van der Waals surface area (Å²) in [5.41, 5.74) is 0. The van der Waals surface area contributed by atoms with Gasteiger partial charge >= 0.3 is 6.03 Å². The van der Waals surface area contributed by atoms with Crippen molar-refractivity contribution in [1.29, 1.82) is 0 Å². The van der Waals surface area contributed by atoms with Crippen LogP contribution in [0.25, 0.3) is 0 Å². The molecule has 12 heavy (non-hydrogen) atoms. The smallest absolute Gasteiger partial charge is 0.319 e. The number of carbonyl (C=O) groups excluding carboxylic acids is 1. The average molecular weight is 170 g/mol. The van der Waals surface area contributed by atoms with Crippen molar-refractivity contribution in [2.45, 2.75) is 32.7 Å². The first-order chi connectivity index (χ1) is 5.66. The highest BCUT2D eigenvalue weighted by Crippen LogP contribution is 2.17. The molecule has 70 valence electrons. The van der Waals surface area contributed by atoms with Crippen LogP contribution in [0.4, 0.5) is 4.79 Å². The zero-order valence-corrected chi connectivity index (χ0v) is 8.21. The van der Waals surface area contributed by atoms with Gasteiger partial charge in [-0.2, -0.15) is 0 Å². The summed E-state index contributed by atoms with van der Waals surface area (Å²) in [6.45, 7) is 5.85. The van der Waals surface area contributed by atoms with Gasteiger partial charge in [0.1, 0.15) is 0 Å². The summed E-state index contributed by atoms with van der Waals surface area (Å²) >= 11 is 0. The summed E-state index contributed by atoms with van der Waals surface area (Å²) < 4.78 is 0. The van der Waals surface area contributed by atoms with Crippen molar-refractivity contribution in [1.82, 2.24) is 9.80 Å². The Labute approximate surface area is 74.3 Å². The first-order valence-corrected chi connectivity index (χ1v) is 4.68. The van der Waals surface area contributed by atoms with Gasteiger partial charge in [-0.25, -0.2) is 4.79 Å². The van der Waals surface area contributed by atoms with Crippen molar-refractivity contribution < 1.29 is 4.79 Å². The van der Waals surface area contributed by atoms with Crippen molar-refractivity contribution in [3.05, 3.63) is 0 Å². The number of amides is 2. The third-order valence-electron chi connectivity index (χ3n) is 2.60. The van der Waals surface area contributed by atoms with Gasteiger partial charge in [0.15, 0.2) is 0 Å². The molecule has 1 atom stereocenters. The topological polar surface area (TPSA) is 23.6 Å². The fraction of sp³-hybridized carbons (Fsp3) is 0.889. The van der Waals surface area contributed by atoms with Crippen molar-refractivity contribution in [2.24, 2.45) is 0 Å². The highest BCUT2D eigenvalue weighted by Gasteiger charge is 2.26. The minimum atomic E-state index is 0.183. The minimum Gasteiger partial charge on any atom is -0.328 e. The van der Waals surface area contributed by atoms with Crippen LogP contribution in [0, 0.1) is 0 Å². The fourth-order valence-electron chi connectivity index (χ4n) is 1.57. The van der Waals surface area contributed by atoms with E-state index in [1.165, 1.54) is 0 Å². The van der Waals surface area contributed by atoms with E-state index in [9.17, 15) is 4.79 Å². The maximum Gasteiger partial charge on any atom is 0.319 e. The number of carbonyl (C=O) groups is 1. The molecule has 0 saturated carbocycles. The van der Waals surface area contributed by atoms with E-state index in [0.29, 0.717) is 6.04 Å². The third kappa shape index (κ3) is 1.71. The molecule has 0 aromatic rings. The van der Waals surface area contributed by atoms with Gasteiger partial charge in [-0.05, 0) is 26.7 Å². The van der Waals surface area contributed by atoms with E-state index >= 15 is 0 Å². The highest BCUT2D eigenvalue weighted by molar-refractivity contribution is 5.74. The molecule has 0 aliphatic carbocycles. The number of hydrogen-bond donors (Lipinski definition) is 0. The Morgan fingerprint density at radius 1 is 1.67 bits per heavy atom. The number of nitrogens with zero attached hydrogens (tertiary/aromatic N) is 2. The third-order valence-corrected chi connectivity index (χ3v) is 2.60. The molecule has 0 aromatic carbocycles. The molecular weight excluding hydrogens is 152 g/mol. The Kier molecular flexibility index (Phi) is 2.95. The van der Waals surface area contributed by atoms with Crippen LogP contribution in [0.15, 0.2) is 0 Å². The fourth-order valence-corrected chi connectivity index (χ4v) is 1.57. The number of urea groups is 1. The van der Waals surface area contributed by atoms with Crippen molar-refractivity contribution in [2.75, 3.05) is 20.1 Å². The minimum absolute atomic E-state index is 0.183. The predicted octanol–water partition coefficient (Wildman–Crippen LogP) is 1.54. The summed E-state index contributed by atoms with van der Waals surface area (Å²) in [4.78, 5) is 15.4. The normalized spacial score (nSPS) is 22.9.